The van der Waals surface area contributed by atoms with E-state index in [1.807, 2.05) is 43.3 Å². The number of Topliss-reactive ketones (excluding diaryl/α,β-unsaturated/α-hetero) is 1. The maximum absolute atomic E-state index is 12.6. The number of ketones is 1. The maximum atomic E-state index is 12.6. The maximum Gasteiger partial charge on any atom is 0.166 e. The fourth-order valence-electron chi connectivity index (χ4n) is 3.14. The minimum atomic E-state index is 0.0813. The van der Waals surface area contributed by atoms with Crippen molar-refractivity contribution in [3.63, 3.8) is 0 Å². The van der Waals surface area contributed by atoms with Crippen LogP contribution in [0.3, 0.4) is 0 Å². The van der Waals surface area contributed by atoms with Gasteiger partial charge >= 0.3 is 0 Å². The second-order valence-corrected chi connectivity index (χ2v) is 6.67. The lowest BCUT2D eigenvalue weighted by Crippen LogP contribution is -2.36. The summed E-state index contributed by atoms with van der Waals surface area (Å²) >= 11 is 6.12. The quantitative estimate of drug-likeness (QED) is 0.767. The van der Waals surface area contributed by atoms with E-state index in [1.54, 1.807) is 6.07 Å². The molecule has 3 nitrogen and oxygen atoms in total. The molecule has 4 heteroatoms. The van der Waals surface area contributed by atoms with Crippen LogP contribution >= 0.6 is 11.6 Å². The number of nitrogens with zero attached hydrogens (tertiary/aromatic N) is 2. The van der Waals surface area contributed by atoms with Gasteiger partial charge in [-0.05, 0) is 38.0 Å². The Labute approximate surface area is 147 Å². The second-order valence-electron chi connectivity index (χ2n) is 6.27. The molecule has 2 aromatic rings. The van der Waals surface area contributed by atoms with Crippen molar-refractivity contribution in [2.75, 3.05) is 18.0 Å². The Hall–Kier alpha value is -2.31. The van der Waals surface area contributed by atoms with Gasteiger partial charge in [-0.25, -0.2) is 0 Å². The highest BCUT2D eigenvalue weighted by atomic mass is 35.5. The van der Waals surface area contributed by atoms with Crippen molar-refractivity contribution >= 4 is 23.1 Å². The second kappa shape index (κ2) is 7.07. The number of carbonyl (C=O) groups excluding carboxylic acids is 1. The monoisotopic (exact) mass is 338 g/mol. The first-order valence-corrected chi connectivity index (χ1v) is 8.52. The van der Waals surface area contributed by atoms with Gasteiger partial charge in [0.05, 0.1) is 10.6 Å². The molecule has 3 rings (SSSR count). The van der Waals surface area contributed by atoms with Crippen molar-refractivity contribution < 1.29 is 4.79 Å². The predicted octanol–water partition coefficient (Wildman–Crippen LogP) is 4.62. The van der Waals surface area contributed by atoms with Gasteiger partial charge in [0.15, 0.2) is 5.78 Å². The molecule has 0 atom stereocenters. The van der Waals surface area contributed by atoms with Crippen molar-refractivity contribution in [3.8, 4) is 6.07 Å². The van der Waals surface area contributed by atoms with Gasteiger partial charge in [-0.3, -0.25) is 4.79 Å². The molecule has 2 aromatic carbocycles. The Kier molecular flexibility index (Phi) is 4.87. The normalized spacial score (nSPS) is 15.1. The molecule has 0 aromatic heterocycles. The van der Waals surface area contributed by atoms with Crippen LogP contribution in [-0.2, 0) is 0 Å². The zero-order valence-electron chi connectivity index (χ0n) is 13.6. The van der Waals surface area contributed by atoms with Crippen molar-refractivity contribution in [1.82, 2.24) is 0 Å². The fraction of sp³-hybridized carbons (Fsp3) is 0.300. The van der Waals surface area contributed by atoms with E-state index in [-0.39, 0.29) is 11.7 Å². The highest BCUT2D eigenvalue weighted by Crippen LogP contribution is 2.28. The van der Waals surface area contributed by atoms with Crippen molar-refractivity contribution in [2.24, 2.45) is 5.92 Å². The number of nitriles is 1. The lowest BCUT2D eigenvalue weighted by atomic mass is 9.88. The minimum absolute atomic E-state index is 0.0813. The van der Waals surface area contributed by atoms with Gasteiger partial charge in [0, 0.05) is 30.3 Å². The predicted molar refractivity (Wildman–Crippen MR) is 96.6 cm³/mol. The van der Waals surface area contributed by atoms with Gasteiger partial charge in [0.25, 0.3) is 0 Å². The molecular weight excluding hydrogens is 320 g/mol. The molecule has 0 amide bonds. The third-order valence-corrected chi connectivity index (χ3v) is 4.95. The molecule has 0 spiro atoms. The Bertz CT molecular complexity index is 784. The molecule has 0 N–H and O–H groups in total. The standard InChI is InChI=1S/C20H19ClN2O/c1-14-2-4-15(5-3-14)20(24)16-8-10-23(11-9-16)18-7-6-17(13-22)19(21)12-18/h2-7,12,16H,8-11H2,1H3. The van der Waals surface area contributed by atoms with Gasteiger partial charge in [-0.2, -0.15) is 5.26 Å². The molecule has 1 aliphatic rings. The van der Waals surface area contributed by atoms with Crippen LogP contribution in [-0.4, -0.2) is 18.9 Å². The molecule has 0 radical (unpaired) electrons. The summed E-state index contributed by atoms with van der Waals surface area (Å²) in [5.41, 5.74) is 3.48. The smallest absolute Gasteiger partial charge is 0.166 e. The van der Waals surface area contributed by atoms with Gasteiger partial charge in [-0.15, -0.1) is 0 Å². The molecule has 24 heavy (non-hydrogen) atoms. The molecular formula is C20H19ClN2O. The molecule has 1 saturated heterocycles. The van der Waals surface area contributed by atoms with Gasteiger partial charge in [0.1, 0.15) is 6.07 Å². The summed E-state index contributed by atoms with van der Waals surface area (Å²) < 4.78 is 0. The number of rotatable bonds is 3. The Morgan fingerprint density at radius 3 is 2.42 bits per heavy atom. The fourth-order valence-corrected chi connectivity index (χ4v) is 3.36. The van der Waals surface area contributed by atoms with Crippen LogP contribution in [0.1, 0.15) is 34.3 Å². The number of piperidine rings is 1. The van der Waals surface area contributed by atoms with Crippen LogP contribution in [0.15, 0.2) is 42.5 Å². The molecule has 1 heterocycles. The van der Waals surface area contributed by atoms with Crippen molar-refractivity contribution in [2.45, 2.75) is 19.8 Å². The van der Waals surface area contributed by atoms with Crippen LogP contribution in [0.25, 0.3) is 0 Å². The number of anilines is 1. The largest absolute Gasteiger partial charge is 0.371 e. The zero-order chi connectivity index (χ0) is 17.1. The number of halogens is 1. The van der Waals surface area contributed by atoms with E-state index < -0.39 is 0 Å². The third-order valence-electron chi connectivity index (χ3n) is 4.64. The average molecular weight is 339 g/mol. The molecule has 1 aliphatic heterocycles. The summed E-state index contributed by atoms with van der Waals surface area (Å²) in [5, 5.41) is 9.43. The first-order chi connectivity index (χ1) is 11.6. The van der Waals surface area contributed by atoms with Crippen molar-refractivity contribution in [3.05, 3.63) is 64.2 Å². The minimum Gasteiger partial charge on any atom is -0.371 e. The van der Waals surface area contributed by atoms with Gasteiger partial charge in [0.2, 0.25) is 0 Å². The topological polar surface area (TPSA) is 44.1 Å². The van der Waals surface area contributed by atoms with E-state index in [1.165, 1.54) is 5.56 Å². The first kappa shape index (κ1) is 16.5. The zero-order valence-corrected chi connectivity index (χ0v) is 14.4. The SMILES string of the molecule is Cc1ccc(C(=O)C2CCN(c3ccc(C#N)c(Cl)c3)CC2)cc1. The highest BCUT2D eigenvalue weighted by molar-refractivity contribution is 6.32. The number of carbonyl (C=O) groups is 1. The van der Waals surface area contributed by atoms with Crippen LogP contribution in [0, 0.1) is 24.2 Å². The van der Waals surface area contributed by atoms with E-state index in [9.17, 15) is 4.79 Å². The van der Waals surface area contributed by atoms with E-state index >= 15 is 0 Å². The summed E-state index contributed by atoms with van der Waals surface area (Å²) in [7, 11) is 0. The van der Waals surface area contributed by atoms with E-state index in [0.717, 1.165) is 37.2 Å². The summed E-state index contributed by atoms with van der Waals surface area (Å²) in [6.07, 6.45) is 1.68. The highest BCUT2D eigenvalue weighted by Gasteiger charge is 2.26. The Morgan fingerprint density at radius 2 is 1.83 bits per heavy atom. The molecule has 122 valence electrons. The lowest BCUT2D eigenvalue weighted by molar-refractivity contribution is 0.0900. The molecule has 0 aliphatic carbocycles. The van der Waals surface area contributed by atoms with E-state index in [2.05, 4.69) is 11.0 Å². The molecule has 0 bridgehead atoms. The third kappa shape index (κ3) is 3.44. The van der Waals surface area contributed by atoms with Crippen molar-refractivity contribution in [1.29, 1.82) is 5.26 Å². The van der Waals surface area contributed by atoms with E-state index in [4.69, 9.17) is 16.9 Å². The van der Waals surface area contributed by atoms with Crippen LogP contribution in [0.2, 0.25) is 5.02 Å². The Morgan fingerprint density at radius 1 is 1.17 bits per heavy atom. The van der Waals surface area contributed by atoms with Crippen LogP contribution in [0.4, 0.5) is 5.69 Å². The van der Waals surface area contributed by atoms with E-state index in [0.29, 0.717) is 10.6 Å². The van der Waals surface area contributed by atoms with Gasteiger partial charge < -0.3 is 4.90 Å². The molecule has 0 unspecified atom stereocenters. The lowest BCUT2D eigenvalue weighted by Gasteiger charge is -2.33. The summed E-state index contributed by atoms with van der Waals surface area (Å²) in [6, 6.07) is 15.4. The van der Waals surface area contributed by atoms with Gasteiger partial charge in [-0.1, -0.05) is 41.4 Å². The summed E-state index contributed by atoms with van der Waals surface area (Å²) in [4.78, 5) is 14.8. The first-order valence-electron chi connectivity index (χ1n) is 8.14. The number of hydrogen-bond donors (Lipinski definition) is 0. The Balaban J connectivity index is 1.65. The average Bonchev–Trinajstić information content (AvgIpc) is 2.62. The number of hydrogen-bond acceptors (Lipinski definition) is 3. The van der Waals surface area contributed by atoms with Crippen LogP contribution in [0.5, 0.6) is 0 Å². The summed E-state index contributed by atoms with van der Waals surface area (Å²) in [6.45, 7) is 3.67. The molecule has 1 fully saturated rings. The summed E-state index contributed by atoms with van der Waals surface area (Å²) in [5.74, 6) is 0.324. The molecule has 0 saturated carbocycles. The number of benzene rings is 2. The van der Waals surface area contributed by atoms with Crippen LogP contribution < -0.4 is 4.90 Å². The number of aryl methyl sites for hydroxylation is 1.